The molecular weight excluding hydrogens is 466 g/mol. The maximum atomic E-state index is 12.6. The zero-order chi connectivity index (χ0) is 21.5. The Morgan fingerprint density at radius 3 is 2.63 bits per heavy atom. The zero-order valence-corrected chi connectivity index (χ0v) is 18.9. The van der Waals surface area contributed by atoms with Crippen molar-refractivity contribution < 1.29 is 19.1 Å². The van der Waals surface area contributed by atoms with Gasteiger partial charge in [-0.25, -0.2) is 4.79 Å². The Hall–Kier alpha value is -2.90. The van der Waals surface area contributed by atoms with Crippen LogP contribution in [0.25, 0.3) is 17.2 Å². The summed E-state index contributed by atoms with van der Waals surface area (Å²) in [5.74, 6) is -0.175. The van der Waals surface area contributed by atoms with Crippen molar-refractivity contribution >= 4 is 50.2 Å². The molecule has 0 spiro atoms. The van der Waals surface area contributed by atoms with Crippen LogP contribution in [0, 0.1) is 0 Å². The van der Waals surface area contributed by atoms with Crippen LogP contribution in [-0.2, 0) is 9.53 Å². The van der Waals surface area contributed by atoms with Crippen LogP contribution in [0.4, 0.5) is 5.00 Å². The van der Waals surface area contributed by atoms with Gasteiger partial charge in [0.25, 0.3) is 0 Å². The van der Waals surface area contributed by atoms with Gasteiger partial charge in [-0.1, -0.05) is 46.3 Å². The molecular formula is C23H20BrNO4S. The number of nitrogens with one attached hydrogen (secondary N) is 1. The van der Waals surface area contributed by atoms with Crippen molar-refractivity contribution in [3.05, 3.63) is 75.6 Å². The second kappa shape index (κ2) is 10.2. The van der Waals surface area contributed by atoms with E-state index in [1.54, 1.807) is 20.1 Å². The summed E-state index contributed by atoms with van der Waals surface area (Å²) < 4.78 is 11.4. The molecule has 0 saturated heterocycles. The second-order valence-corrected chi connectivity index (χ2v) is 7.94. The lowest BCUT2D eigenvalue weighted by atomic mass is 10.0. The highest BCUT2D eigenvalue weighted by molar-refractivity contribution is 9.10. The smallest absolute Gasteiger partial charge is 0.341 e. The molecule has 0 saturated carbocycles. The quantitative estimate of drug-likeness (QED) is 0.328. The van der Waals surface area contributed by atoms with E-state index in [1.165, 1.54) is 17.4 Å². The monoisotopic (exact) mass is 485 g/mol. The number of halogens is 1. The van der Waals surface area contributed by atoms with Gasteiger partial charge in [0, 0.05) is 27.1 Å². The van der Waals surface area contributed by atoms with Crippen LogP contribution in [0.1, 0.15) is 22.8 Å². The zero-order valence-electron chi connectivity index (χ0n) is 16.5. The topological polar surface area (TPSA) is 64.6 Å². The molecule has 30 heavy (non-hydrogen) atoms. The van der Waals surface area contributed by atoms with E-state index < -0.39 is 5.97 Å². The fourth-order valence-electron chi connectivity index (χ4n) is 2.84. The predicted octanol–water partition coefficient (Wildman–Crippen LogP) is 6.01. The Bertz CT molecular complexity index is 1080. The number of esters is 1. The Morgan fingerprint density at radius 2 is 1.93 bits per heavy atom. The van der Waals surface area contributed by atoms with Crippen molar-refractivity contribution in [2.24, 2.45) is 0 Å². The van der Waals surface area contributed by atoms with Gasteiger partial charge in [0.2, 0.25) is 5.91 Å². The molecule has 3 rings (SSSR count). The van der Waals surface area contributed by atoms with E-state index in [0.717, 1.165) is 21.2 Å². The van der Waals surface area contributed by atoms with Crippen LogP contribution in [-0.4, -0.2) is 25.6 Å². The van der Waals surface area contributed by atoms with E-state index in [-0.39, 0.29) is 12.5 Å². The van der Waals surface area contributed by atoms with Crippen molar-refractivity contribution in [3.8, 4) is 16.9 Å². The number of anilines is 1. The lowest BCUT2D eigenvalue weighted by Gasteiger charge is -2.08. The van der Waals surface area contributed by atoms with Crippen molar-refractivity contribution in [3.63, 3.8) is 0 Å². The third-order valence-corrected chi connectivity index (χ3v) is 5.59. The number of hydrogen-bond donors (Lipinski definition) is 1. The van der Waals surface area contributed by atoms with E-state index in [0.29, 0.717) is 16.3 Å². The molecule has 0 fully saturated rings. The van der Waals surface area contributed by atoms with Gasteiger partial charge in [0.05, 0.1) is 13.7 Å². The lowest BCUT2D eigenvalue weighted by molar-refractivity contribution is -0.111. The number of benzene rings is 2. The second-order valence-electron chi connectivity index (χ2n) is 6.15. The van der Waals surface area contributed by atoms with Crippen molar-refractivity contribution in [1.82, 2.24) is 0 Å². The van der Waals surface area contributed by atoms with Gasteiger partial charge in [0.15, 0.2) is 0 Å². The molecule has 5 nitrogen and oxygen atoms in total. The summed E-state index contributed by atoms with van der Waals surface area (Å²) in [6.07, 6.45) is 3.07. The number of methoxy groups -OCH3 is 1. The fourth-order valence-corrected chi connectivity index (χ4v) is 4.18. The largest absolute Gasteiger partial charge is 0.496 e. The molecule has 0 atom stereocenters. The normalized spacial score (nSPS) is 10.8. The molecule has 3 aromatic rings. The third kappa shape index (κ3) is 5.17. The molecule has 0 aliphatic rings. The summed E-state index contributed by atoms with van der Waals surface area (Å²) in [7, 11) is 1.57. The standard InChI is InChI=1S/C23H20BrNO4S/c1-3-29-23(27)21-18(15-7-5-4-6-8-15)14-30-22(21)25-20(26)12-9-16-13-17(24)10-11-19(16)28-2/h4-14H,3H2,1-2H3,(H,25,26)/b12-9+. The Balaban J connectivity index is 1.87. The fraction of sp³-hybridized carbons (Fsp3) is 0.130. The van der Waals surface area contributed by atoms with Gasteiger partial charge >= 0.3 is 5.97 Å². The van der Waals surface area contributed by atoms with Gasteiger partial charge in [-0.05, 0) is 36.8 Å². The molecule has 1 N–H and O–H groups in total. The van der Waals surface area contributed by atoms with E-state index in [2.05, 4.69) is 21.2 Å². The van der Waals surface area contributed by atoms with Crippen LogP contribution in [0.15, 0.2) is 64.5 Å². The Kier molecular flexibility index (Phi) is 7.43. The number of carbonyl (C=O) groups is 2. The van der Waals surface area contributed by atoms with Crippen molar-refractivity contribution in [1.29, 1.82) is 0 Å². The third-order valence-electron chi connectivity index (χ3n) is 4.20. The van der Waals surface area contributed by atoms with Crippen LogP contribution >= 0.6 is 27.3 Å². The number of carbonyl (C=O) groups excluding carboxylic acids is 2. The summed E-state index contributed by atoms with van der Waals surface area (Å²) >= 11 is 4.70. The summed E-state index contributed by atoms with van der Waals surface area (Å²) in [5.41, 5.74) is 2.72. The first-order chi connectivity index (χ1) is 14.5. The lowest BCUT2D eigenvalue weighted by Crippen LogP contribution is -2.12. The summed E-state index contributed by atoms with van der Waals surface area (Å²) in [6.45, 7) is 2.00. The van der Waals surface area contributed by atoms with E-state index in [4.69, 9.17) is 9.47 Å². The predicted molar refractivity (Wildman–Crippen MR) is 124 cm³/mol. The van der Waals surface area contributed by atoms with Crippen LogP contribution in [0.3, 0.4) is 0 Å². The molecule has 0 unspecified atom stereocenters. The highest BCUT2D eigenvalue weighted by Gasteiger charge is 2.22. The first kappa shape index (κ1) is 21.8. The van der Waals surface area contributed by atoms with E-state index in [9.17, 15) is 9.59 Å². The average Bonchev–Trinajstić information content (AvgIpc) is 3.16. The maximum Gasteiger partial charge on any atom is 0.341 e. The van der Waals surface area contributed by atoms with Gasteiger partial charge < -0.3 is 14.8 Å². The highest BCUT2D eigenvalue weighted by Crippen LogP contribution is 2.36. The van der Waals surface area contributed by atoms with Crippen LogP contribution < -0.4 is 10.1 Å². The summed E-state index contributed by atoms with van der Waals surface area (Å²) in [5, 5.41) is 5.09. The number of ether oxygens (including phenoxy) is 2. The summed E-state index contributed by atoms with van der Waals surface area (Å²) in [4.78, 5) is 25.1. The SMILES string of the molecule is CCOC(=O)c1c(-c2ccccc2)csc1NC(=O)/C=C/c1cc(Br)ccc1OC. The number of rotatable bonds is 7. The average molecular weight is 486 g/mol. The van der Waals surface area contributed by atoms with Crippen LogP contribution in [0.5, 0.6) is 5.75 Å². The minimum absolute atomic E-state index is 0.249. The first-order valence-corrected chi connectivity index (χ1v) is 10.9. The Labute approximate surface area is 187 Å². The molecule has 0 aliphatic carbocycles. The van der Waals surface area contributed by atoms with Crippen molar-refractivity contribution in [2.75, 3.05) is 19.0 Å². The highest BCUT2D eigenvalue weighted by atomic mass is 79.9. The maximum absolute atomic E-state index is 12.6. The Morgan fingerprint density at radius 1 is 1.17 bits per heavy atom. The van der Waals surface area contributed by atoms with Gasteiger partial charge in [-0.3, -0.25) is 4.79 Å². The molecule has 0 aliphatic heterocycles. The van der Waals surface area contributed by atoms with Gasteiger partial charge in [-0.15, -0.1) is 11.3 Å². The number of amides is 1. The first-order valence-electron chi connectivity index (χ1n) is 9.20. The minimum atomic E-state index is -0.467. The van der Waals surface area contributed by atoms with Crippen molar-refractivity contribution in [2.45, 2.75) is 6.92 Å². The van der Waals surface area contributed by atoms with E-state index in [1.807, 2.05) is 53.9 Å². The van der Waals surface area contributed by atoms with E-state index >= 15 is 0 Å². The molecule has 154 valence electrons. The minimum Gasteiger partial charge on any atom is -0.496 e. The molecule has 1 amide bonds. The van der Waals surface area contributed by atoms with Crippen LogP contribution in [0.2, 0.25) is 0 Å². The summed E-state index contributed by atoms with van der Waals surface area (Å²) in [6, 6.07) is 15.0. The van der Waals surface area contributed by atoms with Gasteiger partial charge in [0.1, 0.15) is 16.3 Å². The molecule has 1 heterocycles. The molecule has 0 bridgehead atoms. The number of hydrogen-bond acceptors (Lipinski definition) is 5. The van der Waals surface area contributed by atoms with Gasteiger partial charge in [-0.2, -0.15) is 0 Å². The molecule has 2 aromatic carbocycles. The molecule has 1 aromatic heterocycles. The molecule has 0 radical (unpaired) electrons. The number of thiophene rings is 1. The molecule has 7 heteroatoms.